The van der Waals surface area contributed by atoms with Crippen molar-refractivity contribution in [3.63, 3.8) is 0 Å². The van der Waals surface area contributed by atoms with Gasteiger partial charge in [-0.25, -0.2) is 0 Å². The molecule has 0 aliphatic carbocycles. The van der Waals surface area contributed by atoms with Crippen LogP contribution < -0.4 is 10.6 Å². The van der Waals surface area contributed by atoms with Crippen LogP contribution in [0.25, 0.3) is 0 Å². The number of anilines is 1. The quantitative estimate of drug-likeness (QED) is 0.663. The summed E-state index contributed by atoms with van der Waals surface area (Å²) in [5, 5.41) is 7.60. The van der Waals surface area contributed by atoms with Gasteiger partial charge in [-0.1, -0.05) is 35.6 Å². The van der Waals surface area contributed by atoms with Gasteiger partial charge in [0.05, 0.1) is 11.4 Å². The van der Waals surface area contributed by atoms with Crippen LogP contribution in [0.15, 0.2) is 60.1 Å². The van der Waals surface area contributed by atoms with Gasteiger partial charge in [-0.15, -0.1) is 11.3 Å². The van der Waals surface area contributed by atoms with Crippen LogP contribution in [0.5, 0.6) is 0 Å². The van der Waals surface area contributed by atoms with Crippen molar-refractivity contribution in [3.05, 3.63) is 81.3 Å². The van der Waals surface area contributed by atoms with E-state index < -0.39 is 5.91 Å². The lowest BCUT2D eigenvalue weighted by molar-refractivity contribution is -0.115. The molecule has 0 bridgehead atoms. The first kappa shape index (κ1) is 18.6. The van der Waals surface area contributed by atoms with Gasteiger partial charge in [-0.05, 0) is 41.8 Å². The van der Waals surface area contributed by atoms with E-state index in [-0.39, 0.29) is 18.1 Å². The summed E-state index contributed by atoms with van der Waals surface area (Å²) in [6, 6.07) is 14.1. The third-order valence-electron chi connectivity index (χ3n) is 3.36. The monoisotopic (exact) mass is 395 g/mol. The van der Waals surface area contributed by atoms with Gasteiger partial charge < -0.3 is 10.6 Å². The summed E-state index contributed by atoms with van der Waals surface area (Å²) < 4.78 is 0. The average Bonchev–Trinajstić information content (AvgIpc) is 3.18. The number of hydrogen-bond acceptors (Lipinski definition) is 4. The van der Waals surface area contributed by atoms with Crippen molar-refractivity contribution in [1.82, 2.24) is 10.3 Å². The minimum absolute atomic E-state index is 0.154. The predicted molar refractivity (Wildman–Crippen MR) is 107 cm³/mol. The Kier molecular flexibility index (Phi) is 6.21. The first-order valence-corrected chi connectivity index (χ1v) is 9.21. The average molecular weight is 396 g/mol. The number of nitrogens with zero attached hydrogens (tertiary/aromatic N) is 1. The van der Waals surface area contributed by atoms with Crippen LogP contribution in [0.2, 0.25) is 5.02 Å². The molecule has 5 nitrogen and oxygen atoms in total. The summed E-state index contributed by atoms with van der Waals surface area (Å²) in [7, 11) is 0. The number of nitrogens with one attached hydrogen (secondary N) is 2. The zero-order valence-corrected chi connectivity index (χ0v) is 15.6. The van der Waals surface area contributed by atoms with E-state index in [9.17, 15) is 9.59 Å². The molecular formula is C20H14ClN3O2S. The Morgan fingerprint density at radius 3 is 2.78 bits per heavy atom. The van der Waals surface area contributed by atoms with Crippen molar-refractivity contribution >= 4 is 40.4 Å². The number of benzene rings is 1. The summed E-state index contributed by atoms with van der Waals surface area (Å²) >= 11 is 7.39. The second-order valence-electron chi connectivity index (χ2n) is 5.40. The lowest BCUT2D eigenvalue weighted by Gasteiger charge is -2.07. The standard InChI is InChI=1S/C20H14ClN3O2S/c21-15-8-9-22-18(12-15)20(26)23-13-19(25)24-16-4-1-3-14(11-16)6-7-17-5-2-10-27-17/h1-5,8-12H,13H2,(H,23,26)(H,24,25). The molecule has 0 fully saturated rings. The Labute approximate surface area is 165 Å². The Hall–Kier alpha value is -3.14. The molecule has 27 heavy (non-hydrogen) atoms. The maximum Gasteiger partial charge on any atom is 0.270 e. The Balaban J connectivity index is 1.56. The SMILES string of the molecule is O=C(CNC(=O)c1cc(Cl)ccn1)Nc1cccc(C#Cc2cccs2)c1. The minimum atomic E-state index is -0.469. The van der Waals surface area contributed by atoms with Crippen molar-refractivity contribution in [2.24, 2.45) is 0 Å². The first-order chi connectivity index (χ1) is 13.1. The van der Waals surface area contributed by atoms with E-state index in [0.717, 1.165) is 10.4 Å². The van der Waals surface area contributed by atoms with Crippen molar-refractivity contribution in [3.8, 4) is 11.8 Å². The second kappa shape index (κ2) is 8.99. The lowest BCUT2D eigenvalue weighted by Crippen LogP contribution is -2.33. The van der Waals surface area contributed by atoms with E-state index in [2.05, 4.69) is 27.5 Å². The molecule has 2 N–H and O–H groups in total. The fourth-order valence-electron chi connectivity index (χ4n) is 2.14. The largest absolute Gasteiger partial charge is 0.342 e. The topological polar surface area (TPSA) is 71.1 Å². The van der Waals surface area contributed by atoms with E-state index >= 15 is 0 Å². The molecular weight excluding hydrogens is 382 g/mol. The van der Waals surface area contributed by atoms with Crippen LogP contribution in [-0.2, 0) is 4.79 Å². The van der Waals surface area contributed by atoms with Crippen LogP contribution in [0, 0.1) is 11.8 Å². The highest BCUT2D eigenvalue weighted by atomic mass is 35.5. The highest BCUT2D eigenvalue weighted by Gasteiger charge is 2.10. The van der Waals surface area contributed by atoms with Crippen LogP contribution in [-0.4, -0.2) is 23.3 Å². The molecule has 2 aromatic heterocycles. The highest BCUT2D eigenvalue weighted by molar-refractivity contribution is 7.10. The zero-order valence-electron chi connectivity index (χ0n) is 14.0. The third kappa shape index (κ3) is 5.68. The van der Waals surface area contributed by atoms with E-state index in [0.29, 0.717) is 10.7 Å². The Morgan fingerprint density at radius 2 is 2.00 bits per heavy atom. The maximum absolute atomic E-state index is 12.1. The molecule has 134 valence electrons. The number of thiophene rings is 1. The van der Waals surface area contributed by atoms with Gasteiger partial charge >= 0.3 is 0 Å². The van der Waals surface area contributed by atoms with Crippen molar-refractivity contribution < 1.29 is 9.59 Å². The molecule has 2 heterocycles. The molecule has 2 amide bonds. The lowest BCUT2D eigenvalue weighted by atomic mass is 10.2. The molecule has 0 aliphatic rings. The van der Waals surface area contributed by atoms with Gasteiger partial charge in [0.2, 0.25) is 5.91 Å². The molecule has 0 atom stereocenters. The van der Waals surface area contributed by atoms with E-state index in [4.69, 9.17) is 11.6 Å². The number of carbonyl (C=O) groups excluding carboxylic acids is 2. The van der Waals surface area contributed by atoms with Gasteiger partial charge in [-0.3, -0.25) is 14.6 Å². The molecule has 0 radical (unpaired) electrons. The number of hydrogen-bond donors (Lipinski definition) is 2. The predicted octanol–water partition coefficient (Wildman–Crippen LogP) is 3.56. The van der Waals surface area contributed by atoms with E-state index in [1.165, 1.54) is 12.3 Å². The summed E-state index contributed by atoms with van der Waals surface area (Å²) in [6.07, 6.45) is 1.43. The summed E-state index contributed by atoms with van der Waals surface area (Å²) in [5.41, 5.74) is 1.54. The van der Waals surface area contributed by atoms with Crippen LogP contribution in [0.3, 0.4) is 0 Å². The minimum Gasteiger partial charge on any atom is -0.342 e. The molecule has 0 unspecified atom stereocenters. The van der Waals surface area contributed by atoms with Crippen LogP contribution in [0.1, 0.15) is 20.9 Å². The maximum atomic E-state index is 12.1. The van der Waals surface area contributed by atoms with E-state index in [1.807, 2.05) is 29.6 Å². The zero-order chi connectivity index (χ0) is 19.1. The smallest absolute Gasteiger partial charge is 0.270 e. The van der Waals surface area contributed by atoms with Crippen LogP contribution in [0.4, 0.5) is 5.69 Å². The Bertz CT molecular complexity index is 1020. The van der Waals surface area contributed by atoms with Gasteiger partial charge in [0, 0.05) is 22.5 Å². The number of carbonyl (C=O) groups is 2. The molecule has 0 spiro atoms. The molecule has 0 saturated carbocycles. The number of amides is 2. The second-order valence-corrected chi connectivity index (χ2v) is 6.78. The number of halogens is 1. The Morgan fingerprint density at radius 1 is 1.11 bits per heavy atom. The van der Waals surface area contributed by atoms with Gasteiger partial charge in [0.25, 0.3) is 5.91 Å². The molecule has 1 aromatic carbocycles. The number of rotatable bonds is 4. The van der Waals surface area contributed by atoms with E-state index in [1.54, 1.807) is 29.5 Å². The molecule has 0 saturated heterocycles. The van der Waals surface area contributed by atoms with Crippen molar-refractivity contribution in [2.75, 3.05) is 11.9 Å². The molecule has 3 rings (SSSR count). The van der Waals surface area contributed by atoms with Gasteiger partial charge in [0.1, 0.15) is 5.69 Å². The highest BCUT2D eigenvalue weighted by Crippen LogP contribution is 2.11. The van der Waals surface area contributed by atoms with Crippen LogP contribution >= 0.6 is 22.9 Å². The summed E-state index contributed by atoms with van der Waals surface area (Å²) in [5.74, 6) is 5.30. The van der Waals surface area contributed by atoms with Crippen molar-refractivity contribution in [2.45, 2.75) is 0 Å². The number of aromatic nitrogens is 1. The van der Waals surface area contributed by atoms with Gasteiger partial charge in [0.15, 0.2) is 0 Å². The molecule has 0 aliphatic heterocycles. The third-order valence-corrected chi connectivity index (χ3v) is 4.38. The summed E-state index contributed by atoms with van der Waals surface area (Å²) in [6.45, 7) is -0.182. The molecule has 3 aromatic rings. The first-order valence-electron chi connectivity index (χ1n) is 7.95. The van der Waals surface area contributed by atoms with Crippen molar-refractivity contribution in [1.29, 1.82) is 0 Å². The van der Waals surface area contributed by atoms with Gasteiger partial charge in [-0.2, -0.15) is 0 Å². The molecule has 7 heteroatoms. The fraction of sp³-hybridized carbons (Fsp3) is 0.0500. The summed E-state index contributed by atoms with van der Waals surface area (Å²) in [4.78, 5) is 28.9. The normalized spacial score (nSPS) is 9.81. The number of pyridine rings is 1. The fourth-order valence-corrected chi connectivity index (χ4v) is 2.87.